The van der Waals surface area contributed by atoms with Crippen molar-refractivity contribution >= 4 is 11.9 Å². The number of carbonyl (C=O) groups excluding carboxylic acids is 2. The fourth-order valence-electron chi connectivity index (χ4n) is 4.66. The van der Waals surface area contributed by atoms with Crippen molar-refractivity contribution in [3.8, 4) is 5.75 Å². The van der Waals surface area contributed by atoms with Gasteiger partial charge in [-0.1, -0.05) is 45.2 Å². The van der Waals surface area contributed by atoms with Crippen LogP contribution in [0.15, 0.2) is 24.3 Å². The first-order valence-corrected chi connectivity index (χ1v) is 14.2. The van der Waals surface area contributed by atoms with Gasteiger partial charge in [-0.15, -0.1) is 0 Å². The van der Waals surface area contributed by atoms with E-state index in [2.05, 4.69) is 6.92 Å². The van der Waals surface area contributed by atoms with Crippen LogP contribution in [0.1, 0.15) is 91.0 Å². The zero-order chi connectivity index (χ0) is 28.3. The van der Waals surface area contributed by atoms with E-state index in [-0.39, 0.29) is 18.9 Å². The van der Waals surface area contributed by atoms with E-state index >= 15 is 0 Å². The van der Waals surface area contributed by atoms with Crippen LogP contribution in [0.5, 0.6) is 5.75 Å². The first kappa shape index (κ1) is 32.1. The van der Waals surface area contributed by atoms with Crippen LogP contribution in [-0.2, 0) is 20.7 Å². The molecule has 0 saturated carbocycles. The zero-order valence-corrected chi connectivity index (χ0v) is 23.9. The maximum absolute atomic E-state index is 13.5. The number of likely N-dealkylation sites (N-methyl/N-ethyl adjacent to an activating group) is 1. The standard InChI is InChI=1S/C30H49NO7/c1-6-9-23(32)19-25-15-12-21(2)10-7-8-11-28(34)31(5)26(29(35)38-25)18-22-13-16-24(17-14-22)37-20-27(33)30(3,4)36/h13-14,16-17,21,23,25-27,32-33,36H,6-12,15,18-20H2,1-5H3/t21-,23+,25+,26+,27-/m1/s1. The number of ether oxygens (including phenoxy) is 2. The summed E-state index contributed by atoms with van der Waals surface area (Å²) in [5.74, 6) is 0.462. The largest absolute Gasteiger partial charge is 0.491 e. The van der Waals surface area contributed by atoms with Crippen LogP contribution in [0.25, 0.3) is 0 Å². The zero-order valence-electron chi connectivity index (χ0n) is 23.9. The smallest absolute Gasteiger partial charge is 0.329 e. The number of rotatable bonds is 10. The van der Waals surface area contributed by atoms with E-state index in [0.717, 1.165) is 37.7 Å². The van der Waals surface area contributed by atoms with Gasteiger partial charge in [-0.25, -0.2) is 4.79 Å². The summed E-state index contributed by atoms with van der Waals surface area (Å²) in [4.78, 5) is 28.0. The summed E-state index contributed by atoms with van der Waals surface area (Å²) in [6.45, 7) is 7.18. The summed E-state index contributed by atoms with van der Waals surface area (Å²) in [5, 5.41) is 30.3. The summed E-state index contributed by atoms with van der Waals surface area (Å²) in [6.07, 6.45) is 5.03. The van der Waals surface area contributed by atoms with Crippen LogP contribution in [-0.4, -0.2) is 75.7 Å². The summed E-state index contributed by atoms with van der Waals surface area (Å²) < 4.78 is 11.6. The SMILES string of the molecule is CCC[C@H](O)C[C@@H]1CC[C@H](C)CCCCC(=O)N(C)[C@@H](Cc2ccc(OC[C@@H](O)C(C)(C)O)cc2)C(=O)O1. The summed E-state index contributed by atoms with van der Waals surface area (Å²) >= 11 is 0. The highest BCUT2D eigenvalue weighted by molar-refractivity contribution is 5.84. The van der Waals surface area contributed by atoms with Gasteiger partial charge in [-0.3, -0.25) is 4.79 Å². The van der Waals surface area contributed by atoms with Crippen molar-refractivity contribution in [2.75, 3.05) is 13.7 Å². The average molecular weight is 536 g/mol. The molecule has 0 radical (unpaired) electrons. The number of benzene rings is 1. The van der Waals surface area contributed by atoms with Gasteiger partial charge < -0.3 is 29.7 Å². The Labute approximate surface area is 228 Å². The monoisotopic (exact) mass is 535 g/mol. The van der Waals surface area contributed by atoms with Gasteiger partial charge in [0.25, 0.3) is 0 Å². The topological polar surface area (TPSA) is 117 Å². The predicted octanol–water partition coefficient (Wildman–Crippen LogP) is 4.02. The van der Waals surface area contributed by atoms with Gasteiger partial charge in [0.2, 0.25) is 5.91 Å². The Morgan fingerprint density at radius 3 is 2.42 bits per heavy atom. The molecule has 0 aromatic heterocycles. The second-order valence-electron chi connectivity index (χ2n) is 11.5. The molecule has 1 fully saturated rings. The lowest BCUT2D eigenvalue weighted by molar-refractivity contribution is -0.160. The fraction of sp³-hybridized carbons (Fsp3) is 0.733. The van der Waals surface area contributed by atoms with Crippen LogP contribution in [0.4, 0.5) is 0 Å². The van der Waals surface area contributed by atoms with Crippen molar-refractivity contribution in [2.24, 2.45) is 5.92 Å². The average Bonchev–Trinajstić information content (AvgIpc) is 2.86. The molecule has 3 N–H and O–H groups in total. The lowest BCUT2D eigenvalue weighted by Crippen LogP contribution is -2.46. The number of nitrogens with zero attached hydrogens (tertiary/aromatic N) is 1. The third-order valence-corrected chi connectivity index (χ3v) is 7.47. The summed E-state index contributed by atoms with van der Waals surface area (Å²) in [7, 11) is 1.66. The second kappa shape index (κ2) is 15.4. The molecule has 1 aliphatic rings. The third kappa shape index (κ3) is 10.9. The molecular weight excluding hydrogens is 486 g/mol. The number of carbonyl (C=O) groups is 2. The maximum Gasteiger partial charge on any atom is 0.329 e. The van der Waals surface area contributed by atoms with Gasteiger partial charge in [-0.2, -0.15) is 0 Å². The van der Waals surface area contributed by atoms with E-state index in [4.69, 9.17) is 9.47 Å². The fourth-order valence-corrected chi connectivity index (χ4v) is 4.66. The van der Waals surface area contributed by atoms with E-state index in [1.165, 1.54) is 18.7 Å². The van der Waals surface area contributed by atoms with Crippen LogP contribution in [0.3, 0.4) is 0 Å². The normalized spacial score (nSPS) is 24.0. The van der Waals surface area contributed by atoms with Crippen LogP contribution in [0.2, 0.25) is 0 Å². The molecule has 1 aromatic carbocycles. The Bertz CT molecular complexity index is 851. The molecule has 5 atom stereocenters. The number of cyclic esters (lactones) is 1. The van der Waals surface area contributed by atoms with Gasteiger partial charge in [0, 0.05) is 26.3 Å². The molecule has 0 aliphatic carbocycles. The summed E-state index contributed by atoms with van der Waals surface area (Å²) in [5.41, 5.74) is -0.436. The van der Waals surface area contributed by atoms with E-state index < -0.39 is 35.9 Å². The molecule has 1 heterocycles. The van der Waals surface area contributed by atoms with Crippen LogP contribution >= 0.6 is 0 Å². The van der Waals surface area contributed by atoms with E-state index in [0.29, 0.717) is 37.4 Å². The molecule has 8 heteroatoms. The van der Waals surface area contributed by atoms with Crippen LogP contribution in [0, 0.1) is 5.92 Å². The van der Waals surface area contributed by atoms with Crippen molar-refractivity contribution in [2.45, 2.75) is 122 Å². The minimum absolute atomic E-state index is 0.0566. The van der Waals surface area contributed by atoms with Gasteiger partial charge in [0.15, 0.2) is 0 Å². The minimum Gasteiger partial charge on any atom is -0.491 e. The molecule has 216 valence electrons. The Hall–Kier alpha value is -2.16. The third-order valence-electron chi connectivity index (χ3n) is 7.47. The lowest BCUT2D eigenvalue weighted by atomic mass is 9.94. The second-order valence-corrected chi connectivity index (χ2v) is 11.5. The first-order chi connectivity index (χ1) is 17.9. The number of esters is 1. The number of amides is 1. The molecule has 0 bridgehead atoms. The Morgan fingerprint density at radius 1 is 1.11 bits per heavy atom. The van der Waals surface area contributed by atoms with Gasteiger partial charge in [0.1, 0.15) is 30.6 Å². The Kier molecular flexibility index (Phi) is 13.0. The first-order valence-electron chi connectivity index (χ1n) is 14.2. The van der Waals surface area contributed by atoms with E-state index in [9.17, 15) is 24.9 Å². The molecule has 2 rings (SSSR count). The lowest BCUT2D eigenvalue weighted by Gasteiger charge is -2.29. The molecule has 8 nitrogen and oxygen atoms in total. The molecule has 38 heavy (non-hydrogen) atoms. The van der Waals surface area contributed by atoms with Crippen molar-refractivity contribution in [1.29, 1.82) is 0 Å². The predicted molar refractivity (Wildman–Crippen MR) is 147 cm³/mol. The minimum atomic E-state index is -1.27. The molecule has 1 amide bonds. The van der Waals surface area contributed by atoms with Crippen molar-refractivity contribution in [3.63, 3.8) is 0 Å². The van der Waals surface area contributed by atoms with Crippen LogP contribution < -0.4 is 4.74 Å². The van der Waals surface area contributed by atoms with Gasteiger partial charge in [0.05, 0.1) is 11.7 Å². The van der Waals surface area contributed by atoms with E-state index in [1.54, 1.807) is 19.2 Å². The quantitative estimate of drug-likeness (QED) is 0.388. The number of aliphatic hydroxyl groups excluding tert-OH is 2. The molecule has 0 spiro atoms. The highest BCUT2D eigenvalue weighted by Gasteiger charge is 2.31. The summed E-state index contributed by atoms with van der Waals surface area (Å²) in [6, 6.07) is 6.34. The van der Waals surface area contributed by atoms with Crippen molar-refractivity contribution < 1.29 is 34.4 Å². The number of hydrogen-bond donors (Lipinski definition) is 3. The number of hydrogen-bond acceptors (Lipinski definition) is 7. The van der Waals surface area contributed by atoms with E-state index in [1.807, 2.05) is 19.1 Å². The molecule has 1 aliphatic heterocycles. The number of aliphatic hydroxyl groups is 3. The molecular formula is C30H49NO7. The molecule has 0 unspecified atom stereocenters. The highest BCUT2D eigenvalue weighted by Crippen LogP contribution is 2.24. The van der Waals surface area contributed by atoms with Gasteiger partial charge in [-0.05, 0) is 63.1 Å². The highest BCUT2D eigenvalue weighted by atomic mass is 16.5. The van der Waals surface area contributed by atoms with Crippen molar-refractivity contribution in [1.82, 2.24) is 4.90 Å². The van der Waals surface area contributed by atoms with Crippen molar-refractivity contribution in [3.05, 3.63) is 29.8 Å². The molecule has 1 saturated heterocycles. The van der Waals surface area contributed by atoms with Gasteiger partial charge >= 0.3 is 5.97 Å². The molecule has 1 aromatic rings. The Morgan fingerprint density at radius 2 is 1.79 bits per heavy atom. The Balaban J connectivity index is 2.18. The maximum atomic E-state index is 13.5.